The molecule has 1 saturated heterocycles. The highest BCUT2D eigenvalue weighted by molar-refractivity contribution is 9.10. The minimum atomic E-state index is 0.426. The third-order valence-corrected chi connectivity index (χ3v) is 4.62. The van der Waals surface area contributed by atoms with E-state index in [4.69, 9.17) is 0 Å². The Morgan fingerprint density at radius 3 is 2.85 bits per heavy atom. The lowest BCUT2D eigenvalue weighted by Crippen LogP contribution is -2.17. The molecule has 20 heavy (non-hydrogen) atoms. The Kier molecular flexibility index (Phi) is 3.69. The molecule has 3 nitrogen and oxygen atoms in total. The van der Waals surface area contributed by atoms with Crippen molar-refractivity contribution in [1.82, 2.24) is 15.1 Å². The Hall–Kier alpha value is -1.13. The SMILES string of the molecule is Cc1ccc(Br)cc1-c1c(C)nn(C)c1C1CCCN1. The molecule has 0 bridgehead atoms. The predicted octanol–water partition coefficient (Wildman–Crippen LogP) is 3.89. The van der Waals surface area contributed by atoms with Crippen LogP contribution in [0.15, 0.2) is 22.7 Å². The van der Waals surface area contributed by atoms with Crippen molar-refractivity contribution in [2.75, 3.05) is 6.54 Å². The average Bonchev–Trinajstić information content (AvgIpc) is 3.00. The lowest BCUT2D eigenvalue weighted by atomic mass is 9.95. The van der Waals surface area contributed by atoms with E-state index in [1.165, 1.54) is 35.2 Å². The van der Waals surface area contributed by atoms with E-state index in [1.807, 2.05) is 4.68 Å². The van der Waals surface area contributed by atoms with Gasteiger partial charge in [0.25, 0.3) is 0 Å². The van der Waals surface area contributed by atoms with Crippen molar-refractivity contribution >= 4 is 15.9 Å². The standard InChI is InChI=1S/C16H20BrN3/c1-10-6-7-12(17)9-13(10)15-11(2)19-20(3)16(15)14-5-4-8-18-14/h6-7,9,14,18H,4-5,8H2,1-3H3. The molecule has 2 heterocycles. The van der Waals surface area contributed by atoms with Crippen LogP contribution in [0.2, 0.25) is 0 Å². The van der Waals surface area contributed by atoms with Crippen LogP contribution in [0.25, 0.3) is 11.1 Å². The molecule has 1 N–H and O–H groups in total. The second-order valence-corrected chi connectivity index (χ2v) is 6.49. The number of hydrogen-bond acceptors (Lipinski definition) is 2. The Morgan fingerprint density at radius 2 is 2.15 bits per heavy atom. The monoisotopic (exact) mass is 333 g/mol. The molecule has 0 spiro atoms. The normalized spacial score (nSPS) is 18.7. The van der Waals surface area contributed by atoms with E-state index >= 15 is 0 Å². The third kappa shape index (κ3) is 2.31. The molecule has 0 amide bonds. The van der Waals surface area contributed by atoms with Crippen LogP contribution in [0.4, 0.5) is 0 Å². The highest BCUT2D eigenvalue weighted by Crippen LogP contribution is 2.37. The summed E-state index contributed by atoms with van der Waals surface area (Å²) < 4.78 is 3.17. The van der Waals surface area contributed by atoms with E-state index in [1.54, 1.807) is 0 Å². The van der Waals surface area contributed by atoms with Crippen molar-refractivity contribution in [1.29, 1.82) is 0 Å². The summed E-state index contributed by atoms with van der Waals surface area (Å²) in [6, 6.07) is 6.89. The molecule has 2 aromatic rings. The summed E-state index contributed by atoms with van der Waals surface area (Å²) in [6.07, 6.45) is 2.44. The maximum Gasteiger partial charge on any atom is 0.0675 e. The van der Waals surface area contributed by atoms with E-state index in [0.717, 1.165) is 16.7 Å². The quantitative estimate of drug-likeness (QED) is 0.903. The van der Waals surface area contributed by atoms with Gasteiger partial charge in [-0.15, -0.1) is 0 Å². The summed E-state index contributed by atoms with van der Waals surface area (Å²) in [7, 11) is 2.05. The van der Waals surface area contributed by atoms with Gasteiger partial charge in [-0.3, -0.25) is 4.68 Å². The van der Waals surface area contributed by atoms with Gasteiger partial charge >= 0.3 is 0 Å². The van der Waals surface area contributed by atoms with Gasteiger partial charge in [-0.05, 0) is 56.5 Å². The smallest absolute Gasteiger partial charge is 0.0675 e. The Bertz CT molecular complexity index is 639. The molecular formula is C16H20BrN3. The van der Waals surface area contributed by atoms with Crippen LogP contribution in [-0.2, 0) is 7.05 Å². The number of hydrogen-bond donors (Lipinski definition) is 1. The molecule has 1 aliphatic heterocycles. The van der Waals surface area contributed by atoms with Crippen LogP contribution in [0.3, 0.4) is 0 Å². The van der Waals surface area contributed by atoms with Crippen molar-refractivity contribution in [2.24, 2.45) is 7.05 Å². The lowest BCUT2D eigenvalue weighted by Gasteiger charge is -2.15. The van der Waals surface area contributed by atoms with Gasteiger partial charge in [0.1, 0.15) is 0 Å². The molecule has 1 aromatic carbocycles. The maximum absolute atomic E-state index is 4.66. The molecule has 1 atom stereocenters. The zero-order chi connectivity index (χ0) is 14.3. The van der Waals surface area contributed by atoms with Gasteiger partial charge in [0, 0.05) is 23.1 Å². The van der Waals surface area contributed by atoms with Gasteiger partial charge in [0.15, 0.2) is 0 Å². The van der Waals surface area contributed by atoms with Crippen LogP contribution in [0.1, 0.15) is 35.8 Å². The van der Waals surface area contributed by atoms with Crippen molar-refractivity contribution in [2.45, 2.75) is 32.7 Å². The largest absolute Gasteiger partial charge is 0.309 e. The summed E-state index contributed by atoms with van der Waals surface area (Å²) in [4.78, 5) is 0. The highest BCUT2D eigenvalue weighted by Gasteiger charge is 2.26. The zero-order valence-corrected chi connectivity index (χ0v) is 13.8. The summed E-state index contributed by atoms with van der Waals surface area (Å²) in [5.74, 6) is 0. The van der Waals surface area contributed by atoms with Crippen molar-refractivity contribution in [3.63, 3.8) is 0 Å². The average molecular weight is 334 g/mol. The van der Waals surface area contributed by atoms with Crippen LogP contribution < -0.4 is 5.32 Å². The number of benzene rings is 1. The molecule has 0 aliphatic carbocycles. The molecule has 0 radical (unpaired) electrons. The second kappa shape index (κ2) is 5.34. The van der Waals surface area contributed by atoms with E-state index in [9.17, 15) is 0 Å². The first-order chi connectivity index (χ1) is 9.58. The molecule has 3 rings (SSSR count). The van der Waals surface area contributed by atoms with Crippen molar-refractivity contribution in [3.8, 4) is 11.1 Å². The van der Waals surface area contributed by atoms with E-state index in [-0.39, 0.29) is 0 Å². The molecule has 0 saturated carbocycles. The Morgan fingerprint density at radius 1 is 1.35 bits per heavy atom. The minimum Gasteiger partial charge on any atom is -0.309 e. The van der Waals surface area contributed by atoms with Crippen LogP contribution >= 0.6 is 15.9 Å². The molecule has 4 heteroatoms. The Labute approximate surface area is 128 Å². The second-order valence-electron chi connectivity index (χ2n) is 5.58. The molecule has 106 valence electrons. The number of rotatable bonds is 2. The number of nitrogens with zero attached hydrogens (tertiary/aromatic N) is 2. The van der Waals surface area contributed by atoms with E-state index in [2.05, 4.69) is 65.4 Å². The van der Waals surface area contributed by atoms with Crippen LogP contribution in [0, 0.1) is 13.8 Å². The summed E-state index contributed by atoms with van der Waals surface area (Å²) in [5, 5.41) is 8.26. The molecule has 1 unspecified atom stereocenters. The summed E-state index contributed by atoms with van der Waals surface area (Å²) in [5.41, 5.74) is 6.31. The summed E-state index contributed by atoms with van der Waals surface area (Å²) in [6.45, 7) is 5.38. The fourth-order valence-corrected chi connectivity index (χ4v) is 3.55. The van der Waals surface area contributed by atoms with Crippen LogP contribution in [-0.4, -0.2) is 16.3 Å². The molecule has 1 aliphatic rings. The van der Waals surface area contributed by atoms with Gasteiger partial charge in [-0.25, -0.2) is 0 Å². The zero-order valence-electron chi connectivity index (χ0n) is 12.2. The highest BCUT2D eigenvalue weighted by atomic mass is 79.9. The van der Waals surface area contributed by atoms with Gasteiger partial charge in [0.05, 0.1) is 11.4 Å². The first kappa shape index (κ1) is 13.8. The fourth-order valence-electron chi connectivity index (χ4n) is 3.19. The van der Waals surface area contributed by atoms with Gasteiger partial charge < -0.3 is 5.32 Å². The number of aromatic nitrogens is 2. The Balaban J connectivity index is 2.19. The summed E-state index contributed by atoms with van der Waals surface area (Å²) >= 11 is 3.59. The molecular weight excluding hydrogens is 314 g/mol. The first-order valence-electron chi connectivity index (χ1n) is 7.11. The van der Waals surface area contributed by atoms with Gasteiger partial charge in [-0.1, -0.05) is 22.0 Å². The molecule has 1 aromatic heterocycles. The van der Waals surface area contributed by atoms with Gasteiger partial charge in [0.2, 0.25) is 0 Å². The van der Waals surface area contributed by atoms with E-state index < -0.39 is 0 Å². The first-order valence-corrected chi connectivity index (χ1v) is 7.90. The minimum absolute atomic E-state index is 0.426. The van der Waals surface area contributed by atoms with Crippen molar-refractivity contribution < 1.29 is 0 Å². The predicted molar refractivity (Wildman–Crippen MR) is 85.8 cm³/mol. The molecule has 1 fully saturated rings. The topological polar surface area (TPSA) is 29.9 Å². The maximum atomic E-state index is 4.66. The van der Waals surface area contributed by atoms with E-state index in [0.29, 0.717) is 6.04 Å². The number of aryl methyl sites for hydroxylation is 3. The fraction of sp³-hybridized carbons (Fsp3) is 0.438. The lowest BCUT2D eigenvalue weighted by molar-refractivity contribution is 0.574. The number of halogens is 1. The van der Waals surface area contributed by atoms with Crippen LogP contribution in [0.5, 0.6) is 0 Å². The number of nitrogens with one attached hydrogen (secondary N) is 1. The van der Waals surface area contributed by atoms with Crippen molar-refractivity contribution in [3.05, 3.63) is 39.6 Å². The third-order valence-electron chi connectivity index (χ3n) is 4.13. The van der Waals surface area contributed by atoms with Gasteiger partial charge in [-0.2, -0.15) is 5.10 Å².